The lowest BCUT2D eigenvalue weighted by Gasteiger charge is -2.23. The Labute approximate surface area is 221 Å². The lowest BCUT2D eigenvalue weighted by atomic mass is 10.1. The molecule has 0 aliphatic rings. The van der Waals surface area contributed by atoms with E-state index in [0.717, 1.165) is 41.0 Å². The molecule has 0 aliphatic heterocycles. The third-order valence-electron chi connectivity index (χ3n) is 6.18. The first-order chi connectivity index (χ1) is 17.7. The second-order valence-electron chi connectivity index (χ2n) is 10.5. The average Bonchev–Trinajstić information content (AvgIpc) is 2.87. The molecule has 0 aliphatic carbocycles. The summed E-state index contributed by atoms with van der Waals surface area (Å²) in [6.07, 6.45) is 7.55. The maximum atomic E-state index is 12.3. The number of ether oxygens (including phenoxy) is 3. The van der Waals surface area contributed by atoms with E-state index < -0.39 is 11.6 Å². The van der Waals surface area contributed by atoms with E-state index in [1.54, 1.807) is 6.07 Å². The maximum absolute atomic E-state index is 12.3. The average molecular weight is 507 g/mol. The van der Waals surface area contributed by atoms with Gasteiger partial charge in [-0.3, -0.25) is 0 Å². The number of nitrogens with one attached hydrogen (secondary N) is 1. The second-order valence-corrected chi connectivity index (χ2v) is 10.5. The zero-order valence-corrected chi connectivity index (χ0v) is 23.3. The van der Waals surface area contributed by atoms with Crippen LogP contribution in [-0.4, -0.2) is 30.3 Å². The van der Waals surface area contributed by atoms with Gasteiger partial charge < -0.3 is 19.5 Å². The van der Waals surface area contributed by atoms with Crippen molar-refractivity contribution >= 4 is 22.6 Å². The number of pyridine rings is 1. The normalized spacial score (nSPS) is 11.4. The van der Waals surface area contributed by atoms with Crippen LogP contribution in [0.25, 0.3) is 10.9 Å². The highest BCUT2D eigenvalue weighted by molar-refractivity contribution is 5.96. The van der Waals surface area contributed by atoms with Gasteiger partial charge in [0.1, 0.15) is 17.1 Å². The third-order valence-corrected chi connectivity index (χ3v) is 6.18. The van der Waals surface area contributed by atoms with E-state index in [1.165, 1.54) is 39.2 Å². The molecule has 1 N–H and O–H groups in total. The van der Waals surface area contributed by atoms with Crippen molar-refractivity contribution in [2.24, 2.45) is 0 Å². The molecule has 0 fully saturated rings. The molecular weight excluding hydrogens is 464 g/mol. The molecule has 1 aromatic heterocycles. The van der Waals surface area contributed by atoms with E-state index in [2.05, 4.69) is 29.4 Å². The number of benzene rings is 2. The monoisotopic (exact) mass is 506 g/mol. The fraction of sp³-hybridized carbons (Fsp3) is 0.484. The summed E-state index contributed by atoms with van der Waals surface area (Å²) in [7, 11) is 1.36. The van der Waals surface area contributed by atoms with Gasteiger partial charge in [-0.25, -0.2) is 9.78 Å². The highest BCUT2D eigenvalue weighted by Crippen LogP contribution is 2.33. The first-order valence-corrected chi connectivity index (χ1v) is 13.4. The third kappa shape index (κ3) is 8.38. The van der Waals surface area contributed by atoms with Crippen molar-refractivity contribution < 1.29 is 19.0 Å². The van der Waals surface area contributed by atoms with E-state index in [4.69, 9.17) is 14.2 Å². The molecule has 37 heavy (non-hydrogen) atoms. The van der Waals surface area contributed by atoms with Gasteiger partial charge in [0.2, 0.25) is 0 Å². The van der Waals surface area contributed by atoms with Crippen LogP contribution in [0.2, 0.25) is 0 Å². The molecule has 6 nitrogen and oxygen atoms in total. The van der Waals surface area contributed by atoms with E-state index in [1.807, 2.05) is 52.0 Å². The highest BCUT2D eigenvalue weighted by atomic mass is 16.5. The summed E-state index contributed by atoms with van der Waals surface area (Å²) in [5.41, 5.74) is 3.57. The number of esters is 1. The van der Waals surface area contributed by atoms with Gasteiger partial charge in [-0.1, -0.05) is 51.2 Å². The van der Waals surface area contributed by atoms with Crippen LogP contribution in [0, 0.1) is 6.92 Å². The van der Waals surface area contributed by atoms with Crippen molar-refractivity contribution in [1.29, 1.82) is 0 Å². The Morgan fingerprint density at radius 1 is 0.973 bits per heavy atom. The molecule has 3 aromatic rings. The first-order valence-electron chi connectivity index (χ1n) is 13.4. The molecule has 0 amide bonds. The number of hydrogen-bond donors (Lipinski definition) is 1. The molecule has 0 atom stereocenters. The van der Waals surface area contributed by atoms with Crippen LogP contribution in [-0.2, 0) is 11.3 Å². The number of nitrogens with zero attached hydrogens (tertiary/aromatic N) is 1. The quantitative estimate of drug-likeness (QED) is 0.188. The fourth-order valence-corrected chi connectivity index (χ4v) is 4.19. The number of rotatable bonds is 13. The van der Waals surface area contributed by atoms with Crippen LogP contribution in [0.3, 0.4) is 0 Å². The standard InChI is InChI=1S/C31H42N2O4/c1-7-8-9-10-11-12-19-36-24-15-13-23(14-16-24)21-32-26-18-17-25-28(37-31(3,4)5)20-27(30(34)35-6)33-29(25)22(26)2/h13-18,20,32H,7-12,19,21H2,1-6H3. The molecule has 0 unspecified atom stereocenters. The number of fused-ring (bicyclic) bond motifs is 1. The molecular formula is C31H42N2O4. The molecule has 1 heterocycles. The Balaban J connectivity index is 1.67. The SMILES string of the molecule is CCCCCCCCOc1ccc(CNc2ccc3c(OC(C)(C)C)cc(C(=O)OC)nc3c2C)cc1. The molecule has 3 rings (SSSR count). The van der Waals surface area contributed by atoms with Crippen LogP contribution < -0.4 is 14.8 Å². The number of unbranched alkanes of at least 4 members (excludes halogenated alkanes) is 5. The fourth-order valence-electron chi connectivity index (χ4n) is 4.19. The predicted molar refractivity (Wildman–Crippen MR) is 151 cm³/mol. The van der Waals surface area contributed by atoms with Gasteiger partial charge in [0, 0.05) is 23.7 Å². The number of carbonyl (C=O) groups excluding carboxylic acids is 1. The van der Waals surface area contributed by atoms with Gasteiger partial charge in [-0.05, 0) is 69.5 Å². The number of aromatic nitrogens is 1. The minimum absolute atomic E-state index is 0.228. The predicted octanol–water partition coefficient (Wildman–Crippen LogP) is 7.86. The van der Waals surface area contributed by atoms with Crippen molar-refractivity contribution in [2.45, 2.75) is 85.3 Å². The second kappa shape index (κ2) is 13.3. The number of aryl methyl sites for hydroxylation is 1. The molecule has 0 spiro atoms. The maximum Gasteiger partial charge on any atom is 0.356 e. The smallest absolute Gasteiger partial charge is 0.356 e. The zero-order valence-electron chi connectivity index (χ0n) is 23.3. The van der Waals surface area contributed by atoms with Crippen LogP contribution in [0.5, 0.6) is 11.5 Å². The summed E-state index contributed by atoms with van der Waals surface area (Å²) >= 11 is 0. The summed E-state index contributed by atoms with van der Waals surface area (Å²) in [5, 5.41) is 4.37. The Morgan fingerprint density at radius 2 is 1.68 bits per heavy atom. The highest BCUT2D eigenvalue weighted by Gasteiger charge is 2.20. The Bertz CT molecular complexity index is 1170. The van der Waals surface area contributed by atoms with E-state index >= 15 is 0 Å². The molecule has 0 saturated heterocycles. The Morgan fingerprint density at radius 3 is 2.35 bits per heavy atom. The summed E-state index contributed by atoms with van der Waals surface area (Å²) in [6.45, 7) is 11.6. The van der Waals surface area contributed by atoms with Gasteiger partial charge >= 0.3 is 5.97 Å². The van der Waals surface area contributed by atoms with Crippen LogP contribution >= 0.6 is 0 Å². The molecule has 0 bridgehead atoms. The number of carbonyl (C=O) groups is 1. The van der Waals surface area contributed by atoms with Crippen molar-refractivity contribution in [3.05, 3.63) is 59.3 Å². The molecule has 2 aromatic carbocycles. The first kappa shape index (κ1) is 28.3. The van der Waals surface area contributed by atoms with Crippen LogP contribution in [0.15, 0.2) is 42.5 Å². The summed E-state index contributed by atoms with van der Waals surface area (Å²) < 4.78 is 17.0. The van der Waals surface area contributed by atoms with Gasteiger partial charge in [-0.15, -0.1) is 0 Å². The Kier molecular flexibility index (Phi) is 10.2. The lowest BCUT2D eigenvalue weighted by molar-refractivity contribution is 0.0592. The van der Waals surface area contributed by atoms with E-state index in [9.17, 15) is 4.79 Å². The van der Waals surface area contributed by atoms with Gasteiger partial charge in [0.05, 0.1) is 19.2 Å². The largest absolute Gasteiger partial charge is 0.494 e. The minimum atomic E-state index is -0.489. The topological polar surface area (TPSA) is 69.7 Å². The lowest BCUT2D eigenvalue weighted by Crippen LogP contribution is -2.23. The summed E-state index contributed by atoms with van der Waals surface area (Å²) in [6, 6.07) is 13.9. The number of hydrogen-bond acceptors (Lipinski definition) is 6. The van der Waals surface area contributed by atoms with Crippen molar-refractivity contribution in [2.75, 3.05) is 19.0 Å². The van der Waals surface area contributed by atoms with Gasteiger partial charge in [0.25, 0.3) is 0 Å². The molecule has 0 radical (unpaired) electrons. The Hall–Kier alpha value is -3.28. The van der Waals surface area contributed by atoms with Crippen molar-refractivity contribution in [3.8, 4) is 11.5 Å². The molecule has 0 saturated carbocycles. The van der Waals surface area contributed by atoms with Crippen LogP contribution in [0.4, 0.5) is 5.69 Å². The summed E-state index contributed by atoms with van der Waals surface area (Å²) in [5.74, 6) is 1.03. The summed E-state index contributed by atoms with van der Waals surface area (Å²) in [4.78, 5) is 16.9. The molecule has 200 valence electrons. The van der Waals surface area contributed by atoms with Crippen molar-refractivity contribution in [3.63, 3.8) is 0 Å². The molecule has 6 heteroatoms. The number of methoxy groups -OCH3 is 1. The van der Waals surface area contributed by atoms with Gasteiger partial charge in [0.15, 0.2) is 5.69 Å². The van der Waals surface area contributed by atoms with Crippen LogP contribution in [0.1, 0.15) is 87.8 Å². The van der Waals surface area contributed by atoms with Gasteiger partial charge in [-0.2, -0.15) is 0 Å². The van der Waals surface area contributed by atoms with E-state index in [0.29, 0.717) is 17.8 Å². The minimum Gasteiger partial charge on any atom is -0.494 e. The number of anilines is 1. The van der Waals surface area contributed by atoms with E-state index in [-0.39, 0.29) is 5.69 Å². The van der Waals surface area contributed by atoms with Crippen molar-refractivity contribution in [1.82, 2.24) is 4.98 Å². The zero-order chi connectivity index (χ0) is 26.8.